The molecule has 1 rings (SSSR count). The molecule has 0 aromatic carbocycles. The Morgan fingerprint density at radius 2 is 2.56 bits per heavy atom. The van der Waals surface area contributed by atoms with Crippen LogP contribution in [0.3, 0.4) is 0 Å². The van der Waals surface area contributed by atoms with Crippen LogP contribution < -0.4 is 0 Å². The van der Waals surface area contributed by atoms with Crippen LogP contribution in [-0.4, -0.2) is 16.2 Å². The van der Waals surface area contributed by atoms with Crippen LogP contribution in [0.2, 0.25) is 0 Å². The van der Waals surface area contributed by atoms with Gasteiger partial charge in [0.15, 0.2) is 0 Å². The largest absolute Gasteiger partial charge is 0.349 e. The second kappa shape index (κ2) is 2.98. The van der Waals surface area contributed by atoms with Crippen molar-refractivity contribution in [3.8, 4) is 0 Å². The minimum Gasteiger partial charge on any atom is -0.349 e. The number of aromatic amines is 1. The van der Waals surface area contributed by atoms with Crippen LogP contribution in [0.1, 0.15) is 0 Å². The highest BCUT2D eigenvalue weighted by Crippen LogP contribution is 2.06. The van der Waals surface area contributed by atoms with E-state index in [4.69, 9.17) is 12.2 Å². The fourth-order valence-electron chi connectivity index (χ4n) is 0.441. The van der Waals surface area contributed by atoms with Crippen molar-refractivity contribution in [1.29, 1.82) is 0 Å². The van der Waals surface area contributed by atoms with Crippen molar-refractivity contribution >= 4 is 24.0 Å². The molecule has 0 aliphatic rings. The molecule has 0 bridgehead atoms. The van der Waals surface area contributed by atoms with Gasteiger partial charge in [0, 0.05) is 6.20 Å². The Morgan fingerprint density at radius 3 is 3.00 bits per heavy atom. The minimum atomic E-state index is 0.674. The summed E-state index contributed by atoms with van der Waals surface area (Å²) in [6.07, 6.45) is 5.41. The minimum absolute atomic E-state index is 0.674. The normalized spacial score (nSPS) is 9.44. The molecule has 0 saturated heterocycles. The van der Waals surface area contributed by atoms with Gasteiger partial charge < -0.3 is 4.98 Å². The van der Waals surface area contributed by atoms with E-state index in [1.165, 1.54) is 0 Å². The molecule has 0 amide bonds. The summed E-state index contributed by atoms with van der Waals surface area (Å²) >= 11 is 6.38. The molecule has 1 heterocycles. The molecular weight excluding hydrogens is 152 g/mol. The molecule has 0 aliphatic carbocycles. The van der Waals surface area contributed by atoms with Gasteiger partial charge >= 0.3 is 0 Å². The zero-order chi connectivity index (χ0) is 6.69. The van der Waals surface area contributed by atoms with Crippen LogP contribution in [0.4, 0.5) is 0 Å². The Hall–Kier alpha value is -0.350. The summed E-state index contributed by atoms with van der Waals surface area (Å²) in [5.74, 6) is 0. The van der Waals surface area contributed by atoms with E-state index < -0.39 is 0 Å². The Balaban J connectivity index is 3.02. The number of thioether (sulfide) groups is 1. The van der Waals surface area contributed by atoms with Gasteiger partial charge in [-0.05, 0) is 6.26 Å². The summed E-state index contributed by atoms with van der Waals surface area (Å²) in [6.45, 7) is 0. The molecule has 48 valence electrons. The Bertz CT molecular complexity index is 222. The molecule has 0 unspecified atom stereocenters. The van der Waals surface area contributed by atoms with Crippen molar-refractivity contribution in [3.63, 3.8) is 0 Å². The van der Waals surface area contributed by atoms with Crippen LogP contribution >= 0.6 is 24.0 Å². The van der Waals surface area contributed by atoms with E-state index in [2.05, 4.69) is 9.97 Å². The van der Waals surface area contributed by atoms with E-state index in [0.717, 1.165) is 5.03 Å². The van der Waals surface area contributed by atoms with Crippen LogP contribution in [0, 0.1) is 4.64 Å². The highest BCUT2D eigenvalue weighted by molar-refractivity contribution is 7.98. The molecule has 2 nitrogen and oxygen atoms in total. The second-order valence-corrected chi connectivity index (χ2v) is 2.72. The van der Waals surface area contributed by atoms with Crippen molar-refractivity contribution in [2.75, 3.05) is 6.26 Å². The number of nitrogens with zero attached hydrogens (tertiary/aromatic N) is 1. The lowest BCUT2D eigenvalue weighted by Crippen LogP contribution is -1.79. The third-order valence-corrected chi connectivity index (χ3v) is 1.72. The predicted molar refractivity (Wildman–Crippen MR) is 41.2 cm³/mol. The fourth-order valence-corrected chi connectivity index (χ4v) is 0.888. The number of aromatic nitrogens is 2. The quantitative estimate of drug-likeness (QED) is 0.499. The van der Waals surface area contributed by atoms with Crippen molar-refractivity contribution in [3.05, 3.63) is 17.0 Å². The van der Waals surface area contributed by atoms with Gasteiger partial charge in [-0.2, -0.15) is 0 Å². The Labute approximate surface area is 62.7 Å². The molecule has 0 fully saturated rings. The summed E-state index contributed by atoms with van der Waals surface area (Å²) < 4.78 is 0.674. The first-order chi connectivity index (χ1) is 4.33. The van der Waals surface area contributed by atoms with E-state index in [9.17, 15) is 0 Å². The first-order valence-electron chi connectivity index (χ1n) is 2.41. The Morgan fingerprint density at radius 1 is 1.78 bits per heavy atom. The van der Waals surface area contributed by atoms with Crippen LogP contribution in [0.5, 0.6) is 0 Å². The number of H-pyrrole nitrogens is 1. The van der Waals surface area contributed by atoms with Gasteiger partial charge in [0.2, 0.25) is 0 Å². The highest BCUT2D eigenvalue weighted by Gasteiger charge is 1.85. The third kappa shape index (κ3) is 1.80. The molecule has 1 aromatic rings. The van der Waals surface area contributed by atoms with Crippen LogP contribution in [-0.2, 0) is 0 Å². The monoisotopic (exact) mass is 158 g/mol. The van der Waals surface area contributed by atoms with Crippen molar-refractivity contribution < 1.29 is 0 Å². The van der Waals surface area contributed by atoms with Gasteiger partial charge in [-0.3, -0.25) is 0 Å². The topological polar surface area (TPSA) is 28.7 Å². The number of rotatable bonds is 1. The lowest BCUT2D eigenvalue weighted by molar-refractivity contribution is 1.05. The average molecular weight is 158 g/mol. The first kappa shape index (κ1) is 6.77. The molecular formula is C5H6N2S2. The Kier molecular flexibility index (Phi) is 2.24. The summed E-state index contributed by atoms with van der Waals surface area (Å²) in [4.78, 5) is 6.91. The third-order valence-electron chi connectivity index (χ3n) is 0.856. The summed E-state index contributed by atoms with van der Waals surface area (Å²) in [6, 6.07) is 0. The van der Waals surface area contributed by atoms with E-state index in [-0.39, 0.29) is 0 Å². The van der Waals surface area contributed by atoms with Gasteiger partial charge in [0.1, 0.15) is 9.67 Å². The van der Waals surface area contributed by atoms with E-state index >= 15 is 0 Å². The van der Waals surface area contributed by atoms with Gasteiger partial charge in [-0.1, -0.05) is 12.2 Å². The summed E-state index contributed by atoms with van der Waals surface area (Å²) in [5, 5.41) is 0.962. The maximum absolute atomic E-state index is 4.79. The molecule has 4 heteroatoms. The van der Waals surface area contributed by atoms with Gasteiger partial charge in [0.25, 0.3) is 0 Å². The van der Waals surface area contributed by atoms with Crippen molar-refractivity contribution in [2.24, 2.45) is 0 Å². The van der Waals surface area contributed by atoms with Crippen LogP contribution in [0.25, 0.3) is 0 Å². The number of hydrogen-bond acceptors (Lipinski definition) is 3. The summed E-state index contributed by atoms with van der Waals surface area (Å²) in [5.41, 5.74) is 0. The molecule has 0 saturated carbocycles. The molecule has 0 spiro atoms. The zero-order valence-corrected chi connectivity index (χ0v) is 6.55. The maximum atomic E-state index is 4.79. The van der Waals surface area contributed by atoms with E-state index in [1.54, 1.807) is 24.2 Å². The van der Waals surface area contributed by atoms with Gasteiger partial charge in [-0.25, -0.2) is 4.98 Å². The average Bonchev–Trinajstić information content (AvgIpc) is 1.90. The van der Waals surface area contributed by atoms with Gasteiger partial charge in [-0.15, -0.1) is 11.8 Å². The standard InChI is InChI=1S/C5H6N2S2/c1-9-5-3-6-4(8)2-7-5/h2-3H,1H3,(H,6,8). The molecule has 1 aromatic heterocycles. The molecule has 0 aliphatic heterocycles. The molecule has 9 heavy (non-hydrogen) atoms. The van der Waals surface area contributed by atoms with Crippen LogP contribution in [0.15, 0.2) is 17.4 Å². The SMILES string of the molecule is CSc1c[nH]c(=S)cn1. The number of hydrogen-bond donors (Lipinski definition) is 1. The summed E-state index contributed by atoms with van der Waals surface area (Å²) in [7, 11) is 0. The molecule has 0 atom stereocenters. The maximum Gasteiger partial charge on any atom is 0.121 e. The lowest BCUT2D eigenvalue weighted by atomic mass is 10.8. The first-order valence-corrected chi connectivity index (χ1v) is 4.05. The second-order valence-electron chi connectivity index (χ2n) is 1.45. The molecule has 1 N–H and O–H groups in total. The van der Waals surface area contributed by atoms with Crippen molar-refractivity contribution in [1.82, 2.24) is 9.97 Å². The smallest absolute Gasteiger partial charge is 0.121 e. The van der Waals surface area contributed by atoms with Gasteiger partial charge in [0.05, 0.1) is 6.20 Å². The lowest BCUT2D eigenvalue weighted by Gasteiger charge is -1.90. The fraction of sp³-hybridized carbons (Fsp3) is 0.200. The van der Waals surface area contributed by atoms with Crippen molar-refractivity contribution in [2.45, 2.75) is 5.03 Å². The van der Waals surface area contributed by atoms with E-state index in [0.29, 0.717) is 4.64 Å². The molecule has 0 radical (unpaired) electrons. The van der Waals surface area contributed by atoms with E-state index in [1.807, 2.05) is 6.26 Å². The predicted octanol–water partition coefficient (Wildman–Crippen LogP) is 1.86. The highest BCUT2D eigenvalue weighted by atomic mass is 32.2. The number of nitrogens with one attached hydrogen (secondary N) is 1. The zero-order valence-electron chi connectivity index (χ0n) is 4.92.